The summed E-state index contributed by atoms with van der Waals surface area (Å²) in [5, 5.41) is 0. The maximum Gasteiger partial charge on any atom is 0.143 e. The van der Waals surface area contributed by atoms with Gasteiger partial charge in [-0.1, -0.05) is 62.1 Å². The lowest BCUT2D eigenvalue weighted by atomic mass is 9.77. The first-order valence-corrected chi connectivity index (χ1v) is 8.48. The number of allylic oxidation sites excluding steroid dienone is 6. The van der Waals surface area contributed by atoms with E-state index >= 15 is 0 Å². The highest BCUT2D eigenvalue weighted by atomic mass is 16.1. The fraction of sp³-hybridized carbons (Fsp3) is 0.650. The number of hydrogen-bond donors (Lipinski definition) is 0. The van der Waals surface area contributed by atoms with Crippen molar-refractivity contribution in [2.24, 2.45) is 35.0 Å². The second-order valence-corrected chi connectivity index (χ2v) is 8.39. The van der Waals surface area contributed by atoms with Gasteiger partial charge >= 0.3 is 0 Å². The van der Waals surface area contributed by atoms with Crippen molar-refractivity contribution >= 4 is 5.78 Å². The van der Waals surface area contributed by atoms with E-state index in [9.17, 15) is 4.79 Å². The van der Waals surface area contributed by atoms with Crippen LogP contribution in [0, 0.1) is 35.0 Å². The van der Waals surface area contributed by atoms with Gasteiger partial charge in [0.2, 0.25) is 0 Å². The van der Waals surface area contributed by atoms with Crippen LogP contribution in [0.25, 0.3) is 0 Å². The first-order chi connectivity index (χ1) is 9.82. The third kappa shape index (κ3) is 1.67. The zero-order valence-corrected chi connectivity index (χ0v) is 13.9. The number of carbonyl (C=O) groups is 1. The Morgan fingerprint density at radius 2 is 1.86 bits per heavy atom. The standard InChI is InChI=1S/C20H26O/c1-10-6-14-13(8-12(3)19(14)21)17-11(2)9-16-18(15(17)7-10)20(16,4)5/h7,9,11-12,14-15,18H,6,8H2,1-5H3/t11-,12?,14?,15-,18-/m1/s1. The summed E-state index contributed by atoms with van der Waals surface area (Å²) in [5.41, 5.74) is 6.57. The second-order valence-electron chi connectivity index (χ2n) is 8.39. The lowest BCUT2D eigenvalue weighted by Crippen LogP contribution is -2.18. The molecule has 4 aliphatic rings. The lowest BCUT2D eigenvalue weighted by molar-refractivity contribution is -0.123. The van der Waals surface area contributed by atoms with E-state index in [0.29, 0.717) is 29.0 Å². The van der Waals surface area contributed by atoms with Crippen LogP contribution < -0.4 is 0 Å². The van der Waals surface area contributed by atoms with Gasteiger partial charge in [0, 0.05) is 17.8 Å². The van der Waals surface area contributed by atoms with Crippen LogP contribution in [0.3, 0.4) is 0 Å². The molecular formula is C20H26O. The second kappa shape index (κ2) is 4.00. The molecule has 21 heavy (non-hydrogen) atoms. The van der Waals surface area contributed by atoms with Gasteiger partial charge in [-0.15, -0.1) is 0 Å². The molecule has 0 radical (unpaired) electrons. The normalized spacial score (nSPS) is 43.5. The highest BCUT2D eigenvalue weighted by Gasteiger charge is 2.59. The van der Waals surface area contributed by atoms with Gasteiger partial charge in [0.1, 0.15) is 5.78 Å². The quantitative estimate of drug-likeness (QED) is 0.588. The topological polar surface area (TPSA) is 17.1 Å². The minimum Gasteiger partial charge on any atom is -0.299 e. The summed E-state index contributed by atoms with van der Waals surface area (Å²) in [4.78, 5) is 12.6. The highest BCUT2D eigenvalue weighted by molar-refractivity contribution is 5.90. The zero-order valence-electron chi connectivity index (χ0n) is 13.9. The Morgan fingerprint density at radius 3 is 2.57 bits per heavy atom. The SMILES string of the molecule is CC1=C[C@@H]2C(=C3CC(C)C(=O)C3C1)[C@H](C)C=C1[C@@H]2C1(C)C. The van der Waals surface area contributed by atoms with Crippen molar-refractivity contribution in [3.8, 4) is 0 Å². The van der Waals surface area contributed by atoms with Crippen molar-refractivity contribution in [1.29, 1.82) is 0 Å². The predicted molar refractivity (Wildman–Crippen MR) is 85.7 cm³/mol. The van der Waals surface area contributed by atoms with Crippen LogP contribution in [0.1, 0.15) is 47.5 Å². The van der Waals surface area contributed by atoms with Crippen LogP contribution >= 0.6 is 0 Å². The number of carbonyl (C=O) groups excluding carboxylic acids is 1. The average Bonchev–Trinajstić information content (AvgIpc) is 2.88. The van der Waals surface area contributed by atoms with Crippen molar-refractivity contribution in [3.05, 3.63) is 34.4 Å². The van der Waals surface area contributed by atoms with E-state index in [1.165, 1.54) is 11.1 Å². The molecule has 4 aliphatic carbocycles. The molecule has 0 N–H and O–H groups in total. The van der Waals surface area contributed by atoms with Crippen LogP contribution in [-0.2, 0) is 4.79 Å². The molecule has 0 saturated heterocycles. The van der Waals surface area contributed by atoms with Crippen molar-refractivity contribution in [3.63, 3.8) is 0 Å². The predicted octanol–water partition coefficient (Wildman–Crippen LogP) is 4.71. The Morgan fingerprint density at radius 1 is 1.14 bits per heavy atom. The number of fused-ring (bicyclic) bond motifs is 4. The van der Waals surface area contributed by atoms with Gasteiger partial charge < -0.3 is 0 Å². The molecule has 0 heterocycles. The smallest absolute Gasteiger partial charge is 0.143 e. The first kappa shape index (κ1) is 13.5. The van der Waals surface area contributed by atoms with Crippen molar-refractivity contribution in [2.75, 3.05) is 0 Å². The van der Waals surface area contributed by atoms with Crippen LogP contribution in [0.15, 0.2) is 34.4 Å². The zero-order chi connectivity index (χ0) is 15.1. The average molecular weight is 282 g/mol. The molecule has 0 bridgehead atoms. The van der Waals surface area contributed by atoms with E-state index in [4.69, 9.17) is 0 Å². The molecule has 2 unspecified atom stereocenters. The molecule has 1 nitrogen and oxygen atoms in total. The van der Waals surface area contributed by atoms with Crippen LogP contribution in [-0.4, -0.2) is 5.78 Å². The summed E-state index contributed by atoms with van der Waals surface area (Å²) >= 11 is 0. The van der Waals surface area contributed by atoms with E-state index in [2.05, 4.69) is 46.8 Å². The Kier molecular flexibility index (Phi) is 2.58. The molecule has 2 saturated carbocycles. The van der Waals surface area contributed by atoms with Gasteiger partial charge in [0.15, 0.2) is 0 Å². The van der Waals surface area contributed by atoms with Crippen molar-refractivity contribution in [1.82, 2.24) is 0 Å². The number of hydrogen-bond acceptors (Lipinski definition) is 1. The van der Waals surface area contributed by atoms with E-state index in [1.807, 2.05) is 0 Å². The summed E-state index contributed by atoms with van der Waals surface area (Å²) in [6.07, 6.45) is 6.98. The first-order valence-electron chi connectivity index (χ1n) is 8.48. The van der Waals surface area contributed by atoms with E-state index in [1.54, 1.807) is 11.1 Å². The molecule has 0 aromatic rings. The monoisotopic (exact) mass is 282 g/mol. The molecule has 0 spiro atoms. The molecule has 5 atom stereocenters. The molecule has 0 aromatic carbocycles. The largest absolute Gasteiger partial charge is 0.299 e. The number of ketones is 1. The highest BCUT2D eigenvalue weighted by Crippen LogP contribution is 2.67. The van der Waals surface area contributed by atoms with Crippen molar-refractivity contribution < 1.29 is 4.79 Å². The Balaban J connectivity index is 1.89. The fourth-order valence-electron chi connectivity index (χ4n) is 5.44. The van der Waals surface area contributed by atoms with Crippen LogP contribution in [0.5, 0.6) is 0 Å². The molecule has 112 valence electrons. The molecule has 2 fully saturated rings. The Hall–Kier alpha value is -1.11. The number of rotatable bonds is 0. The molecule has 4 rings (SSSR count). The van der Waals surface area contributed by atoms with Gasteiger partial charge in [-0.05, 0) is 37.0 Å². The van der Waals surface area contributed by atoms with E-state index < -0.39 is 0 Å². The van der Waals surface area contributed by atoms with Crippen LogP contribution in [0.2, 0.25) is 0 Å². The summed E-state index contributed by atoms with van der Waals surface area (Å²) in [6, 6.07) is 0. The third-order valence-electron chi connectivity index (χ3n) is 6.55. The minimum absolute atomic E-state index is 0.190. The minimum atomic E-state index is 0.190. The van der Waals surface area contributed by atoms with Gasteiger partial charge in [-0.2, -0.15) is 0 Å². The van der Waals surface area contributed by atoms with Gasteiger partial charge in [0.25, 0.3) is 0 Å². The Labute approximate surface area is 128 Å². The molecule has 1 heteroatoms. The Bertz CT molecular complexity index is 628. The van der Waals surface area contributed by atoms with Crippen molar-refractivity contribution in [2.45, 2.75) is 47.5 Å². The summed E-state index contributed by atoms with van der Waals surface area (Å²) in [6.45, 7) is 11.5. The third-order valence-corrected chi connectivity index (χ3v) is 6.55. The maximum absolute atomic E-state index is 12.6. The fourth-order valence-corrected chi connectivity index (χ4v) is 5.44. The number of Topliss-reactive ketones (excluding diaryl/α,β-unsaturated/α-hetero) is 1. The molecule has 0 amide bonds. The molecular weight excluding hydrogens is 256 g/mol. The van der Waals surface area contributed by atoms with Crippen LogP contribution in [0.4, 0.5) is 0 Å². The summed E-state index contributed by atoms with van der Waals surface area (Å²) in [5.74, 6) is 2.68. The summed E-state index contributed by atoms with van der Waals surface area (Å²) < 4.78 is 0. The van der Waals surface area contributed by atoms with E-state index in [0.717, 1.165) is 12.8 Å². The molecule has 0 aromatic heterocycles. The lowest BCUT2D eigenvalue weighted by Gasteiger charge is -2.27. The van der Waals surface area contributed by atoms with Gasteiger partial charge in [-0.25, -0.2) is 0 Å². The summed E-state index contributed by atoms with van der Waals surface area (Å²) in [7, 11) is 0. The van der Waals surface area contributed by atoms with E-state index in [-0.39, 0.29) is 11.8 Å². The van der Waals surface area contributed by atoms with Gasteiger partial charge in [-0.3, -0.25) is 4.79 Å². The van der Waals surface area contributed by atoms with Gasteiger partial charge in [0.05, 0.1) is 0 Å². The maximum atomic E-state index is 12.6. The molecule has 0 aliphatic heterocycles.